The van der Waals surface area contributed by atoms with E-state index in [0.717, 1.165) is 13.1 Å². The summed E-state index contributed by atoms with van der Waals surface area (Å²) in [6.45, 7) is 8.15. The molecule has 6 nitrogen and oxygen atoms in total. The smallest absolute Gasteiger partial charge is 0.261 e. The lowest BCUT2D eigenvalue weighted by Crippen LogP contribution is -2.50. The number of fused-ring (bicyclic) bond motifs is 1. The van der Waals surface area contributed by atoms with Crippen LogP contribution in [0.25, 0.3) is 0 Å². The molecule has 0 aromatic heterocycles. The van der Waals surface area contributed by atoms with Gasteiger partial charge in [0.25, 0.3) is 11.8 Å². The molecular weight excluding hydrogens is 318 g/mol. The molecule has 1 aromatic carbocycles. The van der Waals surface area contributed by atoms with Gasteiger partial charge in [-0.05, 0) is 18.1 Å². The number of rotatable bonds is 5. The van der Waals surface area contributed by atoms with Gasteiger partial charge in [0.1, 0.15) is 0 Å². The van der Waals surface area contributed by atoms with Crippen molar-refractivity contribution >= 4 is 17.7 Å². The highest BCUT2D eigenvalue weighted by atomic mass is 16.2. The molecule has 0 N–H and O–H groups in total. The highest BCUT2D eigenvalue weighted by molar-refractivity contribution is 6.21. The molecule has 3 amide bonds. The van der Waals surface area contributed by atoms with Crippen LogP contribution in [0.4, 0.5) is 0 Å². The normalized spacial score (nSPS) is 18.2. The van der Waals surface area contributed by atoms with Gasteiger partial charge in [-0.2, -0.15) is 0 Å². The van der Waals surface area contributed by atoms with Crippen LogP contribution < -0.4 is 0 Å². The van der Waals surface area contributed by atoms with Crippen LogP contribution in [0.15, 0.2) is 24.3 Å². The molecule has 0 atom stereocenters. The van der Waals surface area contributed by atoms with Gasteiger partial charge < -0.3 is 4.90 Å². The molecule has 1 aromatic rings. The molecule has 134 valence electrons. The first kappa shape index (κ1) is 17.6. The largest absolute Gasteiger partial charge is 0.340 e. The lowest BCUT2D eigenvalue weighted by atomic mass is 10.1. The first-order valence-electron chi connectivity index (χ1n) is 8.92. The van der Waals surface area contributed by atoms with Crippen molar-refractivity contribution in [3.8, 4) is 0 Å². The second kappa shape index (κ2) is 7.35. The third-order valence-electron chi connectivity index (χ3n) is 4.83. The second-order valence-corrected chi connectivity index (χ2v) is 7.13. The lowest BCUT2D eigenvalue weighted by molar-refractivity contribution is -0.133. The van der Waals surface area contributed by atoms with Gasteiger partial charge in [-0.15, -0.1) is 0 Å². The van der Waals surface area contributed by atoms with Crippen LogP contribution in [0, 0.1) is 5.92 Å². The van der Waals surface area contributed by atoms with Gasteiger partial charge in [0.2, 0.25) is 5.91 Å². The summed E-state index contributed by atoms with van der Waals surface area (Å²) in [5.41, 5.74) is 0.994. The summed E-state index contributed by atoms with van der Waals surface area (Å²) in [7, 11) is 0. The molecule has 3 rings (SSSR count). The van der Waals surface area contributed by atoms with E-state index in [2.05, 4.69) is 18.7 Å². The van der Waals surface area contributed by atoms with E-state index in [1.807, 2.05) is 4.90 Å². The zero-order chi connectivity index (χ0) is 18.0. The number of hydrogen-bond donors (Lipinski definition) is 0. The molecule has 0 saturated carbocycles. The van der Waals surface area contributed by atoms with Crippen LogP contribution in [-0.4, -0.2) is 71.7 Å². The maximum atomic E-state index is 12.4. The Morgan fingerprint density at radius 2 is 1.52 bits per heavy atom. The van der Waals surface area contributed by atoms with Gasteiger partial charge in [-0.25, -0.2) is 0 Å². The molecule has 0 aliphatic carbocycles. The van der Waals surface area contributed by atoms with Crippen LogP contribution in [0.5, 0.6) is 0 Å². The summed E-state index contributed by atoms with van der Waals surface area (Å²) in [6, 6.07) is 6.96. The number of imide groups is 1. The molecule has 25 heavy (non-hydrogen) atoms. The summed E-state index contributed by atoms with van der Waals surface area (Å²) in [5, 5.41) is 0. The highest BCUT2D eigenvalue weighted by Gasteiger charge is 2.35. The van der Waals surface area contributed by atoms with Crippen LogP contribution in [0.3, 0.4) is 0 Å². The van der Waals surface area contributed by atoms with Crippen molar-refractivity contribution in [2.24, 2.45) is 5.92 Å². The topological polar surface area (TPSA) is 60.9 Å². The fourth-order valence-electron chi connectivity index (χ4n) is 3.38. The minimum Gasteiger partial charge on any atom is -0.340 e. The van der Waals surface area contributed by atoms with E-state index in [4.69, 9.17) is 0 Å². The zero-order valence-corrected chi connectivity index (χ0v) is 14.9. The fourth-order valence-corrected chi connectivity index (χ4v) is 3.38. The number of hydrogen-bond acceptors (Lipinski definition) is 4. The van der Waals surface area contributed by atoms with E-state index in [1.54, 1.807) is 24.3 Å². The third kappa shape index (κ3) is 3.74. The Hall–Kier alpha value is -2.21. The molecular formula is C19H25N3O3. The Labute approximate surface area is 148 Å². The number of carbonyl (C=O) groups is 3. The van der Waals surface area contributed by atoms with Crippen LogP contribution in [0.1, 0.15) is 41.0 Å². The van der Waals surface area contributed by atoms with Crippen molar-refractivity contribution in [1.82, 2.24) is 14.7 Å². The number of carbonyl (C=O) groups excluding carboxylic acids is 3. The van der Waals surface area contributed by atoms with Crippen molar-refractivity contribution in [2.75, 3.05) is 39.3 Å². The zero-order valence-electron chi connectivity index (χ0n) is 14.9. The van der Waals surface area contributed by atoms with E-state index < -0.39 is 0 Å². The summed E-state index contributed by atoms with van der Waals surface area (Å²) < 4.78 is 0. The van der Waals surface area contributed by atoms with E-state index >= 15 is 0 Å². The quantitative estimate of drug-likeness (QED) is 0.760. The van der Waals surface area contributed by atoms with Crippen molar-refractivity contribution in [3.05, 3.63) is 35.4 Å². The number of amides is 3. The molecule has 2 aliphatic rings. The van der Waals surface area contributed by atoms with Crippen molar-refractivity contribution in [2.45, 2.75) is 20.3 Å². The predicted molar refractivity (Wildman–Crippen MR) is 94.3 cm³/mol. The van der Waals surface area contributed by atoms with Gasteiger partial charge >= 0.3 is 0 Å². The Morgan fingerprint density at radius 3 is 2.04 bits per heavy atom. The molecule has 2 heterocycles. The van der Waals surface area contributed by atoms with Crippen molar-refractivity contribution < 1.29 is 14.4 Å². The molecule has 1 fully saturated rings. The molecule has 6 heteroatoms. The minimum absolute atomic E-state index is 0.202. The number of benzene rings is 1. The maximum Gasteiger partial charge on any atom is 0.261 e. The van der Waals surface area contributed by atoms with Crippen molar-refractivity contribution in [1.29, 1.82) is 0 Å². The average molecular weight is 343 g/mol. The van der Waals surface area contributed by atoms with Gasteiger partial charge in [-0.1, -0.05) is 26.0 Å². The second-order valence-electron chi connectivity index (χ2n) is 7.13. The summed E-state index contributed by atoms with van der Waals surface area (Å²) in [4.78, 5) is 42.3. The molecule has 0 radical (unpaired) electrons. The Balaban J connectivity index is 1.49. The Morgan fingerprint density at radius 1 is 0.960 bits per heavy atom. The first-order chi connectivity index (χ1) is 12.0. The van der Waals surface area contributed by atoms with Gasteiger partial charge in [0, 0.05) is 45.7 Å². The molecule has 1 saturated heterocycles. The van der Waals surface area contributed by atoms with E-state index in [-0.39, 0.29) is 17.7 Å². The Bertz CT molecular complexity index is 643. The molecule has 0 spiro atoms. The van der Waals surface area contributed by atoms with Crippen LogP contribution >= 0.6 is 0 Å². The Kier molecular flexibility index (Phi) is 5.18. The monoisotopic (exact) mass is 343 g/mol. The maximum absolute atomic E-state index is 12.4. The average Bonchev–Trinajstić information content (AvgIpc) is 2.84. The molecule has 0 unspecified atom stereocenters. The minimum atomic E-state index is -0.202. The summed E-state index contributed by atoms with van der Waals surface area (Å²) in [5.74, 6) is 0.187. The SMILES string of the molecule is CC(C)CC(=O)N1CCN(CCN2C(=O)c3ccccc3C2=O)CC1. The van der Waals surface area contributed by atoms with Gasteiger partial charge in [0.05, 0.1) is 11.1 Å². The predicted octanol–water partition coefficient (Wildman–Crippen LogP) is 1.47. The van der Waals surface area contributed by atoms with Crippen molar-refractivity contribution in [3.63, 3.8) is 0 Å². The fraction of sp³-hybridized carbons (Fsp3) is 0.526. The van der Waals surface area contributed by atoms with Crippen LogP contribution in [-0.2, 0) is 4.79 Å². The van der Waals surface area contributed by atoms with E-state index in [9.17, 15) is 14.4 Å². The number of piperazine rings is 1. The van der Waals surface area contributed by atoms with Gasteiger partial charge in [-0.3, -0.25) is 24.2 Å². The standard InChI is InChI=1S/C19H25N3O3/c1-14(2)13-17(23)21-10-7-20(8-11-21)9-12-22-18(24)15-5-3-4-6-16(15)19(22)25/h3-6,14H,7-13H2,1-2H3. The first-order valence-corrected chi connectivity index (χ1v) is 8.92. The van der Waals surface area contributed by atoms with Crippen LogP contribution in [0.2, 0.25) is 0 Å². The third-order valence-corrected chi connectivity index (χ3v) is 4.83. The lowest BCUT2D eigenvalue weighted by Gasteiger charge is -2.35. The summed E-state index contributed by atoms with van der Waals surface area (Å²) >= 11 is 0. The van der Waals surface area contributed by atoms with E-state index in [0.29, 0.717) is 49.6 Å². The summed E-state index contributed by atoms with van der Waals surface area (Å²) in [6.07, 6.45) is 0.592. The molecule has 2 aliphatic heterocycles. The number of nitrogens with zero attached hydrogens (tertiary/aromatic N) is 3. The van der Waals surface area contributed by atoms with Gasteiger partial charge in [0.15, 0.2) is 0 Å². The van der Waals surface area contributed by atoms with E-state index in [1.165, 1.54) is 4.90 Å². The molecule has 0 bridgehead atoms. The highest BCUT2D eigenvalue weighted by Crippen LogP contribution is 2.22.